The molecule has 8 heteroatoms. The van der Waals surface area contributed by atoms with Gasteiger partial charge in [0.15, 0.2) is 0 Å². The molecule has 0 unspecified atom stereocenters. The number of hydrogen-bond acceptors (Lipinski definition) is 5. The van der Waals surface area contributed by atoms with Crippen molar-refractivity contribution in [2.24, 2.45) is 0 Å². The molecule has 0 N–H and O–H groups in total. The van der Waals surface area contributed by atoms with Gasteiger partial charge in [0.1, 0.15) is 0 Å². The number of aromatic nitrogens is 2. The maximum absolute atomic E-state index is 12.3. The van der Waals surface area contributed by atoms with Crippen molar-refractivity contribution >= 4 is 23.0 Å². The van der Waals surface area contributed by atoms with E-state index in [0.29, 0.717) is 10.7 Å². The second-order valence-corrected chi connectivity index (χ2v) is 7.28. The van der Waals surface area contributed by atoms with E-state index in [-0.39, 0.29) is 5.88 Å². The average Bonchev–Trinajstić information content (AvgIpc) is 2.86. The Labute approximate surface area is 172 Å². The van der Waals surface area contributed by atoms with Crippen molar-refractivity contribution < 1.29 is 13.5 Å². The highest BCUT2D eigenvalue weighted by molar-refractivity contribution is 6.30. The highest BCUT2D eigenvalue weighted by Crippen LogP contribution is 2.34. The molecular formula is C21H19ClF2N4O. The van der Waals surface area contributed by atoms with Crippen molar-refractivity contribution in [3.8, 4) is 17.1 Å². The molecule has 29 heavy (non-hydrogen) atoms. The summed E-state index contributed by atoms with van der Waals surface area (Å²) in [6.45, 7) is -0.374. The van der Waals surface area contributed by atoms with Crippen molar-refractivity contribution in [3.63, 3.8) is 0 Å². The van der Waals surface area contributed by atoms with Gasteiger partial charge in [-0.1, -0.05) is 17.7 Å². The average molecular weight is 417 g/mol. The zero-order valence-electron chi connectivity index (χ0n) is 15.7. The molecular weight excluding hydrogens is 398 g/mol. The number of anilines is 2. The fraction of sp³-hybridized carbons (Fsp3) is 0.238. The molecule has 0 atom stereocenters. The summed E-state index contributed by atoms with van der Waals surface area (Å²) >= 11 is 6.04. The Morgan fingerprint density at radius 3 is 2.48 bits per heavy atom. The number of nitrogens with zero attached hydrogens (tertiary/aromatic N) is 4. The van der Waals surface area contributed by atoms with Gasteiger partial charge in [-0.3, -0.25) is 0 Å². The number of alkyl halides is 2. The highest BCUT2D eigenvalue weighted by Gasteiger charge is 2.20. The SMILES string of the molecule is CN1CCN(c2ccc(Cl)cc2)c2ccc(-c3ccc(OC(F)F)nn3)cc2C1. The van der Waals surface area contributed by atoms with Gasteiger partial charge >= 0.3 is 6.61 Å². The summed E-state index contributed by atoms with van der Waals surface area (Å²) in [5.74, 6) is -0.202. The summed E-state index contributed by atoms with van der Waals surface area (Å²) in [5.41, 5.74) is 4.80. The van der Waals surface area contributed by atoms with Gasteiger partial charge in [0.25, 0.3) is 0 Å². The fourth-order valence-electron chi connectivity index (χ4n) is 3.41. The Hall–Kier alpha value is -2.77. The van der Waals surface area contributed by atoms with Crippen LogP contribution < -0.4 is 9.64 Å². The maximum atomic E-state index is 12.3. The Balaban J connectivity index is 1.68. The topological polar surface area (TPSA) is 41.5 Å². The Morgan fingerprint density at radius 1 is 1.00 bits per heavy atom. The van der Waals surface area contributed by atoms with E-state index in [1.165, 1.54) is 6.07 Å². The molecule has 0 saturated carbocycles. The number of hydrogen-bond donors (Lipinski definition) is 0. The van der Waals surface area contributed by atoms with Gasteiger partial charge in [0.05, 0.1) is 5.69 Å². The predicted molar refractivity (Wildman–Crippen MR) is 109 cm³/mol. The number of halogens is 3. The summed E-state index contributed by atoms with van der Waals surface area (Å²) in [5, 5.41) is 8.46. The maximum Gasteiger partial charge on any atom is 0.388 e. The number of benzene rings is 2. The number of fused-ring (bicyclic) bond motifs is 1. The molecule has 4 rings (SSSR count). The van der Waals surface area contributed by atoms with E-state index in [9.17, 15) is 8.78 Å². The van der Waals surface area contributed by atoms with Gasteiger partial charge < -0.3 is 14.5 Å². The standard InChI is InChI=1S/C21H19ClF2N4O/c1-27-10-11-28(17-5-3-16(22)4-6-17)19-8-2-14(12-15(19)13-27)18-7-9-20(26-25-18)29-21(23)24/h2-9,12,21H,10-11,13H2,1H3. The van der Waals surface area contributed by atoms with Gasteiger partial charge in [-0.25, -0.2) is 0 Å². The van der Waals surface area contributed by atoms with Gasteiger partial charge in [0.2, 0.25) is 5.88 Å². The molecule has 1 aliphatic heterocycles. The largest absolute Gasteiger partial charge is 0.415 e. The number of ether oxygens (including phenoxy) is 1. The molecule has 3 aromatic rings. The van der Waals surface area contributed by atoms with E-state index in [4.69, 9.17) is 11.6 Å². The predicted octanol–water partition coefficient (Wildman–Crippen LogP) is 4.98. The summed E-state index contributed by atoms with van der Waals surface area (Å²) < 4.78 is 28.9. The van der Waals surface area contributed by atoms with Crippen molar-refractivity contribution in [3.05, 3.63) is 65.2 Å². The number of likely N-dealkylation sites (N-methyl/N-ethyl adjacent to an activating group) is 1. The Morgan fingerprint density at radius 2 is 1.79 bits per heavy atom. The highest BCUT2D eigenvalue weighted by atomic mass is 35.5. The molecule has 1 aliphatic rings. The summed E-state index contributed by atoms with van der Waals surface area (Å²) in [6.07, 6.45) is 0. The van der Waals surface area contributed by atoms with Crippen LogP contribution in [0.1, 0.15) is 5.56 Å². The minimum Gasteiger partial charge on any atom is -0.415 e. The molecule has 0 fully saturated rings. The van der Waals surface area contributed by atoms with Crippen molar-refractivity contribution in [2.45, 2.75) is 13.2 Å². The Kier molecular flexibility index (Phi) is 5.60. The lowest BCUT2D eigenvalue weighted by molar-refractivity contribution is -0.0534. The summed E-state index contributed by atoms with van der Waals surface area (Å²) in [6, 6.07) is 16.9. The molecule has 0 aliphatic carbocycles. The van der Waals surface area contributed by atoms with Gasteiger partial charge in [-0.15, -0.1) is 10.2 Å². The van der Waals surface area contributed by atoms with Crippen LogP contribution in [0.25, 0.3) is 11.3 Å². The molecule has 150 valence electrons. The molecule has 0 bridgehead atoms. The van der Waals surface area contributed by atoms with E-state index in [2.05, 4.69) is 43.9 Å². The fourth-order valence-corrected chi connectivity index (χ4v) is 3.54. The smallest absolute Gasteiger partial charge is 0.388 e. The van der Waals surface area contributed by atoms with Crippen LogP contribution in [-0.4, -0.2) is 41.8 Å². The van der Waals surface area contributed by atoms with Crippen LogP contribution in [0, 0.1) is 0 Å². The van der Waals surface area contributed by atoms with Gasteiger partial charge in [-0.2, -0.15) is 8.78 Å². The second-order valence-electron chi connectivity index (χ2n) is 6.84. The van der Waals surface area contributed by atoms with Crippen LogP contribution in [-0.2, 0) is 6.54 Å². The zero-order chi connectivity index (χ0) is 20.4. The van der Waals surface area contributed by atoms with Crippen molar-refractivity contribution in [1.29, 1.82) is 0 Å². The quantitative estimate of drug-likeness (QED) is 0.600. The van der Waals surface area contributed by atoms with E-state index >= 15 is 0 Å². The minimum atomic E-state index is -2.92. The first kappa shape index (κ1) is 19.5. The van der Waals surface area contributed by atoms with Gasteiger partial charge in [0, 0.05) is 47.7 Å². The van der Waals surface area contributed by atoms with Crippen LogP contribution in [0.2, 0.25) is 5.02 Å². The van der Waals surface area contributed by atoms with Crippen LogP contribution in [0.5, 0.6) is 5.88 Å². The van der Waals surface area contributed by atoms with Crippen molar-refractivity contribution in [2.75, 3.05) is 25.0 Å². The first-order valence-corrected chi connectivity index (χ1v) is 9.51. The first-order valence-electron chi connectivity index (χ1n) is 9.13. The minimum absolute atomic E-state index is 0.202. The van der Waals surface area contributed by atoms with Crippen LogP contribution in [0.3, 0.4) is 0 Å². The molecule has 1 aromatic heterocycles. The monoisotopic (exact) mass is 416 g/mol. The van der Waals surface area contributed by atoms with Crippen molar-refractivity contribution in [1.82, 2.24) is 15.1 Å². The van der Waals surface area contributed by atoms with E-state index in [0.717, 1.165) is 42.1 Å². The zero-order valence-corrected chi connectivity index (χ0v) is 16.5. The van der Waals surface area contributed by atoms with E-state index in [1.807, 2.05) is 30.3 Å². The summed E-state index contributed by atoms with van der Waals surface area (Å²) in [7, 11) is 2.08. The molecule has 0 saturated heterocycles. The number of rotatable bonds is 4. The molecule has 5 nitrogen and oxygen atoms in total. The molecule has 0 spiro atoms. The lowest BCUT2D eigenvalue weighted by atomic mass is 10.0. The third-order valence-electron chi connectivity index (χ3n) is 4.80. The first-order chi connectivity index (χ1) is 14.0. The van der Waals surface area contributed by atoms with Crippen LogP contribution in [0.15, 0.2) is 54.6 Å². The second kappa shape index (κ2) is 8.31. The lowest BCUT2D eigenvalue weighted by Crippen LogP contribution is -2.26. The molecule has 0 amide bonds. The molecule has 0 radical (unpaired) electrons. The van der Waals surface area contributed by atoms with Gasteiger partial charge in [-0.05, 0) is 55.1 Å². The van der Waals surface area contributed by atoms with Crippen LogP contribution >= 0.6 is 11.6 Å². The lowest BCUT2D eigenvalue weighted by Gasteiger charge is -2.25. The molecule has 2 aromatic carbocycles. The third-order valence-corrected chi connectivity index (χ3v) is 5.05. The van der Waals surface area contributed by atoms with E-state index in [1.54, 1.807) is 6.07 Å². The third kappa shape index (κ3) is 4.46. The normalized spacial score (nSPS) is 14.6. The van der Waals surface area contributed by atoms with E-state index < -0.39 is 6.61 Å². The van der Waals surface area contributed by atoms with Crippen LogP contribution in [0.4, 0.5) is 20.2 Å². The molecule has 2 heterocycles. The summed E-state index contributed by atoms with van der Waals surface area (Å²) in [4.78, 5) is 4.52. The Bertz CT molecular complexity index is 983.